The molecule has 0 radical (unpaired) electrons. The minimum atomic E-state index is -0.575. The molecule has 3 nitrogen and oxygen atoms in total. The Morgan fingerprint density at radius 3 is 2.47 bits per heavy atom. The molecule has 0 saturated carbocycles. The average Bonchev–Trinajstić information content (AvgIpc) is 2.40. The van der Waals surface area contributed by atoms with Crippen LogP contribution in [0.25, 0.3) is 11.1 Å². The molecule has 0 saturated heterocycles. The third kappa shape index (κ3) is 2.29. The van der Waals surface area contributed by atoms with Gasteiger partial charge in [0, 0.05) is 12.0 Å². The first-order valence-corrected chi connectivity index (χ1v) is 5.89. The summed E-state index contributed by atoms with van der Waals surface area (Å²) >= 11 is 0. The molecule has 0 amide bonds. The molecule has 0 aliphatic heterocycles. The minimum Gasteiger partial charge on any atom is -0.507 e. The van der Waals surface area contributed by atoms with Crippen LogP contribution in [0.1, 0.15) is 23.7 Å². The van der Waals surface area contributed by atoms with Crippen molar-refractivity contribution in [2.75, 3.05) is 0 Å². The zero-order valence-electron chi connectivity index (χ0n) is 10.4. The summed E-state index contributed by atoms with van der Waals surface area (Å²) in [5, 5.41) is 19.9. The lowest BCUT2D eigenvalue weighted by Crippen LogP contribution is -1.98. The Balaban J connectivity index is 2.70. The molecule has 0 atom stereocenters. The predicted molar refractivity (Wildman–Crippen MR) is 69.8 cm³/mol. The average molecular weight is 260 g/mol. The maximum Gasteiger partial charge on any atom is 0.166 e. The first-order valence-electron chi connectivity index (χ1n) is 5.89. The van der Waals surface area contributed by atoms with Crippen molar-refractivity contribution < 1.29 is 19.4 Å². The second-order valence-electron chi connectivity index (χ2n) is 4.11. The summed E-state index contributed by atoms with van der Waals surface area (Å²) in [7, 11) is 0. The highest BCUT2D eigenvalue weighted by Crippen LogP contribution is 2.40. The van der Waals surface area contributed by atoms with E-state index in [0.717, 1.165) is 0 Å². The highest BCUT2D eigenvalue weighted by atomic mass is 19.1. The first kappa shape index (κ1) is 13.1. The minimum absolute atomic E-state index is 0.0580. The maximum atomic E-state index is 13.7. The van der Waals surface area contributed by atoms with Gasteiger partial charge >= 0.3 is 0 Å². The van der Waals surface area contributed by atoms with Crippen LogP contribution in [0.3, 0.4) is 0 Å². The SMILES string of the molecule is CCC(=O)c1ccc(O)c(-c2ccccc2F)c1O. The molecule has 0 aromatic heterocycles. The van der Waals surface area contributed by atoms with Crippen LogP contribution in [-0.4, -0.2) is 16.0 Å². The van der Waals surface area contributed by atoms with Crippen molar-refractivity contribution in [1.82, 2.24) is 0 Å². The third-order valence-corrected chi connectivity index (χ3v) is 2.92. The Morgan fingerprint density at radius 1 is 1.16 bits per heavy atom. The lowest BCUT2D eigenvalue weighted by Gasteiger charge is -2.11. The summed E-state index contributed by atoms with van der Waals surface area (Å²) in [6, 6.07) is 8.37. The first-order chi connectivity index (χ1) is 9.06. The summed E-state index contributed by atoms with van der Waals surface area (Å²) in [6.45, 7) is 1.66. The molecule has 0 unspecified atom stereocenters. The maximum absolute atomic E-state index is 13.7. The smallest absolute Gasteiger partial charge is 0.166 e. The van der Waals surface area contributed by atoms with E-state index in [1.807, 2.05) is 0 Å². The van der Waals surface area contributed by atoms with E-state index in [1.54, 1.807) is 13.0 Å². The van der Waals surface area contributed by atoms with Gasteiger partial charge in [0.25, 0.3) is 0 Å². The van der Waals surface area contributed by atoms with Crippen molar-refractivity contribution in [3.05, 3.63) is 47.8 Å². The molecule has 0 aliphatic rings. The van der Waals surface area contributed by atoms with Gasteiger partial charge in [-0.05, 0) is 18.2 Å². The molecular weight excluding hydrogens is 247 g/mol. The molecular formula is C15H13FO3. The van der Waals surface area contributed by atoms with Gasteiger partial charge < -0.3 is 10.2 Å². The van der Waals surface area contributed by atoms with Crippen molar-refractivity contribution in [3.63, 3.8) is 0 Å². The fourth-order valence-corrected chi connectivity index (χ4v) is 1.93. The van der Waals surface area contributed by atoms with Gasteiger partial charge in [0.05, 0.1) is 11.1 Å². The molecule has 19 heavy (non-hydrogen) atoms. The second-order valence-corrected chi connectivity index (χ2v) is 4.11. The number of hydrogen-bond donors (Lipinski definition) is 2. The van der Waals surface area contributed by atoms with E-state index in [9.17, 15) is 19.4 Å². The van der Waals surface area contributed by atoms with Crippen molar-refractivity contribution in [3.8, 4) is 22.6 Å². The number of benzene rings is 2. The lowest BCUT2D eigenvalue weighted by atomic mass is 9.97. The van der Waals surface area contributed by atoms with Crippen molar-refractivity contribution in [2.24, 2.45) is 0 Å². The van der Waals surface area contributed by atoms with Gasteiger partial charge in [-0.25, -0.2) is 4.39 Å². The molecule has 2 N–H and O–H groups in total. The van der Waals surface area contributed by atoms with E-state index < -0.39 is 11.6 Å². The van der Waals surface area contributed by atoms with Gasteiger partial charge in [-0.15, -0.1) is 0 Å². The largest absolute Gasteiger partial charge is 0.507 e. The molecule has 2 aromatic rings. The highest BCUT2D eigenvalue weighted by Gasteiger charge is 2.19. The zero-order chi connectivity index (χ0) is 14.0. The summed E-state index contributed by atoms with van der Waals surface area (Å²) in [5.41, 5.74) is 0.0826. The molecule has 0 aliphatic carbocycles. The van der Waals surface area contributed by atoms with Crippen LogP contribution in [0.2, 0.25) is 0 Å². The van der Waals surface area contributed by atoms with Crippen molar-refractivity contribution in [1.29, 1.82) is 0 Å². The number of Topliss-reactive ketones (excluding diaryl/α,β-unsaturated/α-hetero) is 1. The van der Waals surface area contributed by atoms with Gasteiger partial charge in [0.15, 0.2) is 5.78 Å². The molecule has 0 bridgehead atoms. The van der Waals surface area contributed by atoms with Crippen LogP contribution < -0.4 is 0 Å². The fourth-order valence-electron chi connectivity index (χ4n) is 1.93. The molecule has 2 aromatic carbocycles. The van der Waals surface area contributed by atoms with Crippen LogP contribution in [0.4, 0.5) is 4.39 Å². The summed E-state index contributed by atoms with van der Waals surface area (Å²) in [5.74, 6) is -1.50. The topological polar surface area (TPSA) is 57.5 Å². The van der Waals surface area contributed by atoms with E-state index in [2.05, 4.69) is 0 Å². The number of ketones is 1. The normalized spacial score (nSPS) is 10.4. The Morgan fingerprint density at radius 2 is 1.84 bits per heavy atom. The number of halogens is 1. The molecule has 98 valence electrons. The molecule has 0 heterocycles. The lowest BCUT2D eigenvalue weighted by molar-refractivity contribution is 0.0985. The number of carbonyl (C=O) groups excluding carboxylic acids is 1. The zero-order valence-corrected chi connectivity index (χ0v) is 10.4. The third-order valence-electron chi connectivity index (χ3n) is 2.92. The number of carbonyl (C=O) groups is 1. The fraction of sp³-hybridized carbons (Fsp3) is 0.133. The van der Waals surface area contributed by atoms with Crippen LogP contribution in [-0.2, 0) is 0 Å². The van der Waals surface area contributed by atoms with Crippen LogP contribution in [0.5, 0.6) is 11.5 Å². The van der Waals surface area contributed by atoms with E-state index in [-0.39, 0.29) is 34.6 Å². The van der Waals surface area contributed by atoms with Crippen LogP contribution >= 0.6 is 0 Å². The van der Waals surface area contributed by atoms with Gasteiger partial charge in [-0.2, -0.15) is 0 Å². The van der Waals surface area contributed by atoms with E-state index in [0.29, 0.717) is 0 Å². The summed E-state index contributed by atoms with van der Waals surface area (Å²) in [4.78, 5) is 11.7. The highest BCUT2D eigenvalue weighted by molar-refractivity contribution is 6.01. The number of aromatic hydroxyl groups is 2. The Labute approximate surface area is 109 Å². The molecule has 2 rings (SSSR count). The number of phenols is 2. The second kappa shape index (κ2) is 5.10. The van der Waals surface area contributed by atoms with Crippen molar-refractivity contribution >= 4 is 5.78 Å². The van der Waals surface area contributed by atoms with E-state index >= 15 is 0 Å². The predicted octanol–water partition coefficient (Wildman–Crippen LogP) is 3.50. The van der Waals surface area contributed by atoms with Gasteiger partial charge in [-0.3, -0.25) is 4.79 Å². The van der Waals surface area contributed by atoms with Gasteiger partial charge in [0.1, 0.15) is 17.3 Å². The summed E-state index contributed by atoms with van der Waals surface area (Å²) < 4.78 is 13.7. The van der Waals surface area contributed by atoms with E-state index in [1.165, 1.54) is 30.3 Å². The summed E-state index contributed by atoms with van der Waals surface area (Å²) in [6.07, 6.45) is 0.217. The number of phenolic OH excluding ortho intramolecular Hbond substituents is 2. The number of rotatable bonds is 3. The number of hydrogen-bond acceptors (Lipinski definition) is 3. The monoisotopic (exact) mass is 260 g/mol. The molecule has 4 heteroatoms. The van der Waals surface area contributed by atoms with Crippen LogP contribution in [0.15, 0.2) is 36.4 Å². The Bertz CT molecular complexity index is 635. The van der Waals surface area contributed by atoms with Gasteiger partial charge in [-0.1, -0.05) is 25.1 Å². The van der Waals surface area contributed by atoms with Gasteiger partial charge in [0.2, 0.25) is 0 Å². The molecule has 0 fully saturated rings. The Hall–Kier alpha value is -2.36. The van der Waals surface area contributed by atoms with E-state index in [4.69, 9.17) is 0 Å². The van der Waals surface area contributed by atoms with Crippen LogP contribution in [0, 0.1) is 5.82 Å². The quantitative estimate of drug-likeness (QED) is 0.830. The van der Waals surface area contributed by atoms with Crippen molar-refractivity contribution in [2.45, 2.75) is 13.3 Å². The molecule has 0 spiro atoms. The Kier molecular flexibility index (Phi) is 3.51. The standard InChI is InChI=1S/C15H13FO3/c1-2-12(17)10-7-8-13(18)14(15(10)19)9-5-3-4-6-11(9)16/h3-8,18-19H,2H2,1H3.